The molecule has 11 heteroatoms. The van der Waals surface area contributed by atoms with Crippen LogP contribution in [-0.4, -0.2) is 79.2 Å². The molecular weight excluding hydrogens is 520 g/mol. The maximum Gasteiger partial charge on any atom is 0.313 e. The Balaban J connectivity index is 1.33. The van der Waals surface area contributed by atoms with Crippen molar-refractivity contribution in [1.29, 1.82) is 0 Å². The average molecular weight is 559 g/mol. The van der Waals surface area contributed by atoms with Crippen LogP contribution in [0.5, 0.6) is 0 Å². The Bertz CT molecular complexity index is 1440. The third-order valence-electron chi connectivity index (χ3n) is 8.04. The van der Waals surface area contributed by atoms with Gasteiger partial charge in [-0.2, -0.15) is 0 Å². The maximum atomic E-state index is 14.1. The predicted octanol–water partition coefficient (Wildman–Crippen LogP) is 2.45. The molecule has 0 bridgehead atoms. The van der Waals surface area contributed by atoms with Crippen LogP contribution in [0.4, 0.5) is 11.5 Å². The maximum absolute atomic E-state index is 14.1. The molecule has 1 fully saturated rings. The topological polar surface area (TPSA) is 130 Å². The molecule has 0 radical (unpaired) electrons. The van der Waals surface area contributed by atoms with E-state index in [0.717, 1.165) is 24.5 Å². The number of rotatable bonds is 5. The largest absolute Gasteiger partial charge is 0.383 e. The Kier molecular flexibility index (Phi) is 7.81. The summed E-state index contributed by atoms with van der Waals surface area (Å²) in [5, 5.41) is 2.66. The summed E-state index contributed by atoms with van der Waals surface area (Å²) in [7, 11) is 0. The monoisotopic (exact) mass is 558 g/mol. The molecule has 0 spiro atoms. The number of nitrogens with two attached hydrogens (primary N) is 1. The summed E-state index contributed by atoms with van der Waals surface area (Å²) < 4.78 is 2.15. The van der Waals surface area contributed by atoms with Gasteiger partial charge in [0.15, 0.2) is 0 Å². The highest BCUT2D eigenvalue weighted by atomic mass is 16.2. The lowest BCUT2D eigenvalue weighted by atomic mass is 9.88. The van der Waals surface area contributed by atoms with Crippen LogP contribution in [-0.2, 0) is 27.5 Å². The number of piperazine rings is 1. The quantitative estimate of drug-likeness (QED) is 0.460. The fourth-order valence-electron chi connectivity index (χ4n) is 5.79. The number of aryl methyl sites for hydroxylation is 1. The number of imidazole rings is 1. The van der Waals surface area contributed by atoms with Crippen molar-refractivity contribution in [2.24, 2.45) is 5.41 Å². The molecule has 2 aliphatic heterocycles. The second-order valence-electron chi connectivity index (χ2n) is 11.7. The molecule has 0 aliphatic carbocycles. The molecule has 2 aromatic heterocycles. The van der Waals surface area contributed by atoms with Crippen LogP contribution in [0, 0.1) is 12.3 Å². The zero-order valence-corrected chi connectivity index (χ0v) is 24.1. The summed E-state index contributed by atoms with van der Waals surface area (Å²) in [6.07, 6.45) is 5.23. The highest BCUT2D eigenvalue weighted by molar-refractivity contribution is 6.39. The van der Waals surface area contributed by atoms with Gasteiger partial charge in [0.1, 0.15) is 11.6 Å². The molecule has 0 saturated carbocycles. The van der Waals surface area contributed by atoms with Crippen LogP contribution < -0.4 is 11.1 Å². The molecular formula is C30H38N8O3. The third kappa shape index (κ3) is 5.95. The van der Waals surface area contributed by atoms with E-state index in [1.165, 1.54) is 6.20 Å². The first-order chi connectivity index (χ1) is 19.5. The summed E-state index contributed by atoms with van der Waals surface area (Å²) in [6.45, 7) is 11.2. The molecule has 1 aromatic carbocycles. The number of carbonyl (C=O) groups is 3. The van der Waals surface area contributed by atoms with Crippen molar-refractivity contribution in [3.63, 3.8) is 0 Å². The smallest absolute Gasteiger partial charge is 0.313 e. The van der Waals surface area contributed by atoms with Crippen LogP contribution in [0.3, 0.4) is 0 Å². The summed E-state index contributed by atoms with van der Waals surface area (Å²) in [5.41, 5.74) is 7.10. The standard InChI is InChI=1S/C30H38N8O3/c1-20-14-23(15-33-26(20)31)34-27(39)28(40)38-16-21(2)37(17-24(38)22-8-6-5-7-9-22)29(41)30(3,4)19-35-12-13-36-11-10-32-25(36)18-35/h5-11,14-15,21,24H,12-13,16-19H2,1-4H3,(H2,31,33)(H,34,39)/t21-,24-/m1/s1. The fourth-order valence-corrected chi connectivity index (χ4v) is 5.79. The van der Waals surface area contributed by atoms with Crippen molar-refractivity contribution >= 4 is 29.2 Å². The van der Waals surface area contributed by atoms with Crippen molar-refractivity contribution in [3.8, 4) is 0 Å². The Morgan fingerprint density at radius 1 is 1.07 bits per heavy atom. The van der Waals surface area contributed by atoms with Gasteiger partial charge in [0, 0.05) is 51.2 Å². The molecule has 5 rings (SSSR count). The highest BCUT2D eigenvalue weighted by Crippen LogP contribution is 2.32. The van der Waals surface area contributed by atoms with Crippen LogP contribution >= 0.6 is 0 Å². The van der Waals surface area contributed by atoms with Gasteiger partial charge in [-0.25, -0.2) is 9.97 Å². The Hall–Kier alpha value is -4.25. The number of aromatic nitrogens is 3. The van der Waals surface area contributed by atoms with E-state index in [9.17, 15) is 14.4 Å². The van der Waals surface area contributed by atoms with Crippen molar-refractivity contribution < 1.29 is 14.4 Å². The normalized spacial score (nSPS) is 19.5. The summed E-state index contributed by atoms with van der Waals surface area (Å²) >= 11 is 0. The van der Waals surface area contributed by atoms with E-state index >= 15 is 0 Å². The number of amides is 3. The number of fused-ring (bicyclic) bond motifs is 1. The van der Waals surface area contributed by atoms with E-state index in [-0.39, 0.29) is 18.5 Å². The molecule has 2 aliphatic rings. The minimum absolute atomic E-state index is 0.0276. The van der Waals surface area contributed by atoms with Crippen molar-refractivity contribution in [2.75, 3.05) is 37.2 Å². The number of pyridine rings is 1. The summed E-state index contributed by atoms with van der Waals surface area (Å²) in [4.78, 5) is 55.0. The van der Waals surface area contributed by atoms with Crippen LogP contribution in [0.1, 0.15) is 43.8 Å². The second-order valence-corrected chi connectivity index (χ2v) is 11.7. The van der Waals surface area contributed by atoms with Gasteiger partial charge in [-0.3, -0.25) is 19.3 Å². The van der Waals surface area contributed by atoms with E-state index in [1.54, 1.807) is 17.9 Å². The molecule has 0 unspecified atom stereocenters. The first kappa shape index (κ1) is 28.3. The SMILES string of the molecule is Cc1cc(NC(=O)C(=O)N2C[C@@H](C)N(C(=O)C(C)(C)CN3CCn4ccnc4C3)C[C@@H]2c2ccccc2)cnc1N. The number of nitrogens with zero attached hydrogens (tertiary/aromatic N) is 6. The number of benzene rings is 1. The van der Waals surface area contributed by atoms with Crippen LogP contribution in [0.2, 0.25) is 0 Å². The van der Waals surface area contributed by atoms with Gasteiger partial charge in [-0.15, -0.1) is 0 Å². The van der Waals surface area contributed by atoms with Crippen LogP contribution in [0.15, 0.2) is 55.0 Å². The minimum Gasteiger partial charge on any atom is -0.383 e. The van der Waals surface area contributed by atoms with Gasteiger partial charge in [0.2, 0.25) is 5.91 Å². The fraction of sp³-hybridized carbons (Fsp3) is 0.433. The van der Waals surface area contributed by atoms with Gasteiger partial charge in [-0.05, 0) is 44.9 Å². The number of hydrogen-bond acceptors (Lipinski definition) is 7. The van der Waals surface area contributed by atoms with Crippen molar-refractivity contribution in [2.45, 2.75) is 52.9 Å². The molecule has 3 amide bonds. The van der Waals surface area contributed by atoms with E-state index in [1.807, 2.05) is 68.4 Å². The Morgan fingerprint density at radius 3 is 2.56 bits per heavy atom. The lowest BCUT2D eigenvalue weighted by molar-refractivity contribution is -0.155. The zero-order chi connectivity index (χ0) is 29.3. The number of nitrogens with one attached hydrogen (secondary N) is 1. The predicted molar refractivity (Wildman–Crippen MR) is 155 cm³/mol. The average Bonchev–Trinajstić information content (AvgIpc) is 3.42. The van der Waals surface area contributed by atoms with E-state index in [0.29, 0.717) is 36.7 Å². The van der Waals surface area contributed by atoms with E-state index in [4.69, 9.17) is 5.73 Å². The van der Waals surface area contributed by atoms with E-state index in [2.05, 4.69) is 24.8 Å². The van der Waals surface area contributed by atoms with Gasteiger partial charge in [0.25, 0.3) is 0 Å². The molecule has 2 atom stereocenters. The third-order valence-corrected chi connectivity index (χ3v) is 8.04. The molecule has 3 N–H and O–H groups in total. The first-order valence-corrected chi connectivity index (χ1v) is 14.0. The van der Waals surface area contributed by atoms with Crippen molar-refractivity contribution in [3.05, 3.63) is 71.9 Å². The van der Waals surface area contributed by atoms with Crippen molar-refractivity contribution in [1.82, 2.24) is 29.2 Å². The molecule has 3 aromatic rings. The van der Waals surface area contributed by atoms with Crippen LogP contribution in [0.25, 0.3) is 0 Å². The second kappa shape index (κ2) is 11.3. The van der Waals surface area contributed by atoms with Gasteiger partial charge in [-0.1, -0.05) is 30.3 Å². The molecule has 1 saturated heterocycles. The Morgan fingerprint density at radius 2 is 1.83 bits per heavy atom. The number of anilines is 2. The lowest BCUT2D eigenvalue weighted by Crippen LogP contribution is -2.61. The zero-order valence-electron chi connectivity index (χ0n) is 24.1. The lowest BCUT2D eigenvalue weighted by Gasteiger charge is -2.47. The minimum atomic E-state index is -0.757. The summed E-state index contributed by atoms with van der Waals surface area (Å²) in [6, 6.07) is 10.5. The first-order valence-electron chi connectivity index (χ1n) is 14.0. The van der Waals surface area contributed by atoms with Gasteiger partial charge in [0.05, 0.1) is 29.9 Å². The number of hydrogen-bond donors (Lipinski definition) is 2. The van der Waals surface area contributed by atoms with Gasteiger partial charge >= 0.3 is 11.8 Å². The molecule has 216 valence electrons. The van der Waals surface area contributed by atoms with E-state index < -0.39 is 23.3 Å². The highest BCUT2D eigenvalue weighted by Gasteiger charge is 2.43. The molecule has 41 heavy (non-hydrogen) atoms. The Labute approximate surface area is 240 Å². The number of carbonyl (C=O) groups excluding carboxylic acids is 3. The molecule has 11 nitrogen and oxygen atoms in total. The summed E-state index contributed by atoms with van der Waals surface area (Å²) in [5.74, 6) is -0.0160. The van der Waals surface area contributed by atoms with Gasteiger partial charge < -0.3 is 25.4 Å². The number of nitrogen functional groups attached to an aromatic ring is 1. The molecule has 4 heterocycles.